The third-order valence-corrected chi connectivity index (χ3v) is 5.07. The number of benzene rings is 1. The van der Waals surface area contributed by atoms with E-state index < -0.39 is 0 Å². The minimum atomic E-state index is -0.263. The predicted octanol–water partition coefficient (Wildman–Crippen LogP) is 2.24. The largest absolute Gasteiger partial charge is 0.375 e. The molecule has 0 radical (unpaired) electrons. The molecule has 1 fully saturated rings. The summed E-state index contributed by atoms with van der Waals surface area (Å²) in [4.78, 5) is 20.4. The maximum atomic E-state index is 13.2. The first-order chi connectivity index (χ1) is 13.9. The summed E-state index contributed by atoms with van der Waals surface area (Å²) in [5.41, 5.74) is 0.896. The number of nitrogens with zero attached hydrogens (tertiary/aromatic N) is 3. The predicted molar refractivity (Wildman–Crippen MR) is 129 cm³/mol. The number of amides is 1. The van der Waals surface area contributed by atoms with Crippen LogP contribution in [0.15, 0.2) is 29.3 Å². The Labute approximate surface area is 196 Å². The Morgan fingerprint density at radius 3 is 2.47 bits per heavy atom. The lowest BCUT2D eigenvalue weighted by Gasteiger charge is -2.33. The van der Waals surface area contributed by atoms with Gasteiger partial charge in [0.1, 0.15) is 11.9 Å². The molecular formula is C21H35FIN5O2. The van der Waals surface area contributed by atoms with Gasteiger partial charge in [0, 0.05) is 46.9 Å². The molecule has 1 aromatic carbocycles. The van der Waals surface area contributed by atoms with Gasteiger partial charge >= 0.3 is 0 Å². The Hall–Kier alpha value is -1.46. The van der Waals surface area contributed by atoms with Gasteiger partial charge in [-0.15, -0.1) is 24.0 Å². The Bertz CT molecular complexity index is 664. The van der Waals surface area contributed by atoms with Gasteiger partial charge in [0.2, 0.25) is 5.91 Å². The molecule has 1 atom stereocenters. The molecule has 2 rings (SSSR count). The average molecular weight is 535 g/mol. The van der Waals surface area contributed by atoms with Crippen molar-refractivity contribution in [1.29, 1.82) is 0 Å². The van der Waals surface area contributed by atoms with Crippen LogP contribution in [0.5, 0.6) is 0 Å². The van der Waals surface area contributed by atoms with Crippen molar-refractivity contribution in [2.45, 2.75) is 31.9 Å². The number of methoxy groups -OCH3 is 1. The van der Waals surface area contributed by atoms with Crippen LogP contribution < -0.4 is 10.6 Å². The minimum absolute atomic E-state index is 0. The van der Waals surface area contributed by atoms with E-state index in [0.717, 1.165) is 44.0 Å². The van der Waals surface area contributed by atoms with Crippen molar-refractivity contribution in [1.82, 2.24) is 20.4 Å². The molecule has 0 spiro atoms. The molecule has 1 heterocycles. The Balaban J connectivity index is 0.00000450. The molecule has 1 saturated heterocycles. The summed E-state index contributed by atoms with van der Waals surface area (Å²) in [5.74, 6) is 0.623. The average Bonchev–Trinajstić information content (AvgIpc) is 2.71. The lowest BCUT2D eigenvalue weighted by atomic mass is 10.1. The normalized spacial score (nSPS) is 16.5. The van der Waals surface area contributed by atoms with Gasteiger partial charge in [-0.05, 0) is 37.5 Å². The maximum absolute atomic E-state index is 13.2. The van der Waals surface area contributed by atoms with Crippen LogP contribution >= 0.6 is 24.0 Å². The van der Waals surface area contributed by atoms with Gasteiger partial charge in [-0.25, -0.2) is 4.39 Å². The summed E-state index contributed by atoms with van der Waals surface area (Å²) >= 11 is 0. The van der Waals surface area contributed by atoms with E-state index in [0.29, 0.717) is 19.1 Å². The van der Waals surface area contributed by atoms with Crippen LogP contribution in [0.2, 0.25) is 0 Å². The first-order valence-electron chi connectivity index (χ1n) is 10.2. The number of ether oxygens (including phenoxy) is 1. The molecule has 9 heteroatoms. The number of aliphatic imine (C=N–C) groups is 1. The Morgan fingerprint density at radius 2 is 1.93 bits per heavy atom. The van der Waals surface area contributed by atoms with Crippen LogP contribution in [0.3, 0.4) is 0 Å². The van der Waals surface area contributed by atoms with E-state index in [-0.39, 0.29) is 41.8 Å². The lowest BCUT2D eigenvalue weighted by molar-refractivity contribution is -0.130. The quantitative estimate of drug-likeness (QED) is 0.304. The number of guanidine groups is 1. The van der Waals surface area contributed by atoms with Crippen molar-refractivity contribution in [2.24, 2.45) is 4.99 Å². The number of likely N-dealkylation sites (N-methyl/N-ethyl adjacent to an activating group) is 1. The molecule has 7 nitrogen and oxygen atoms in total. The lowest BCUT2D eigenvalue weighted by Crippen LogP contribution is -2.50. The van der Waals surface area contributed by atoms with E-state index in [1.807, 2.05) is 6.92 Å². The number of likely N-dealkylation sites (tertiary alicyclic amines) is 1. The molecule has 170 valence electrons. The number of hydrogen-bond donors (Lipinski definition) is 2. The molecule has 0 bridgehead atoms. The molecule has 0 aromatic heterocycles. The summed E-state index contributed by atoms with van der Waals surface area (Å²) in [6.45, 7) is 5.46. The zero-order chi connectivity index (χ0) is 21.2. The van der Waals surface area contributed by atoms with Crippen LogP contribution in [0.1, 0.15) is 31.4 Å². The summed E-state index contributed by atoms with van der Waals surface area (Å²) in [5, 5.41) is 6.77. The van der Waals surface area contributed by atoms with Crippen LogP contribution in [0.25, 0.3) is 0 Å². The molecular weight excluding hydrogens is 500 g/mol. The number of hydrogen-bond acceptors (Lipinski definition) is 4. The molecule has 0 saturated carbocycles. The SMILES string of the molecule is CCNC(=NCC(OC)c1ccc(F)cc1)NC1CCN(CC(=O)N(C)C)CC1.I. The van der Waals surface area contributed by atoms with Crippen molar-refractivity contribution in [2.75, 3.05) is 53.9 Å². The van der Waals surface area contributed by atoms with Gasteiger partial charge in [-0.1, -0.05) is 12.1 Å². The number of carbonyl (C=O) groups excluding carboxylic acids is 1. The summed E-state index contributed by atoms with van der Waals surface area (Å²) in [7, 11) is 5.21. The fourth-order valence-electron chi connectivity index (χ4n) is 3.25. The van der Waals surface area contributed by atoms with Crippen molar-refractivity contribution in [3.8, 4) is 0 Å². The first kappa shape index (κ1) is 26.6. The van der Waals surface area contributed by atoms with E-state index in [2.05, 4.69) is 20.5 Å². The standard InChI is InChI=1S/C21H34FN5O2.HI/c1-5-23-21(24-14-19(29-4)16-6-8-17(22)9-7-16)25-18-10-12-27(13-11-18)15-20(28)26(2)3;/h6-9,18-19H,5,10-15H2,1-4H3,(H2,23,24,25);1H. The van der Waals surface area contributed by atoms with Crippen molar-refractivity contribution >= 4 is 35.8 Å². The van der Waals surface area contributed by atoms with Crippen molar-refractivity contribution in [3.63, 3.8) is 0 Å². The number of rotatable bonds is 8. The van der Waals surface area contributed by atoms with Gasteiger partial charge in [-0.2, -0.15) is 0 Å². The third kappa shape index (κ3) is 8.73. The monoisotopic (exact) mass is 535 g/mol. The number of carbonyl (C=O) groups is 1. The second kappa shape index (κ2) is 13.8. The van der Waals surface area contributed by atoms with Gasteiger partial charge < -0.3 is 20.3 Å². The van der Waals surface area contributed by atoms with Crippen LogP contribution in [-0.4, -0.2) is 81.6 Å². The topological polar surface area (TPSA) is 69.2 Å². The van der Waals surface area contributed by atoms with E-state index in [4.69, 9.17) is 4.74 Å². The minimum Gasteiger partial charge on any atom is -0.375 e. The van der Waals surface area contributed by atoms with Crippen molar-refractivity contribution in [3.05, 3.63) is 35.6 Å². The van der Waals surface area contributed by atoms with Crippen LogP contribution in [0, 0.1) is 5.82 Å². The van der Waals surface area contributed by atoms with E-state index >= 15 is 0 Å². The maximum Gasteiger partial charge on any atom is 0.236 e. The van der Waals surface area contributed by atoms with E-state index in [9.17, 15) is 9.18 Å². The fourth-order valence-corrected chi connectivity index (χ4v) is 3.25. The second-order valence-corrected chi connectivity index (χ2v) is 7.48. The molecule has 1 amide bonds. The number of nitrogens with one attached hydrogen (secondary N) is 2. The Kier molecular flexibility index (Phi) is 12.2. The van der Waals surface area contributed by atoms with Crippen molar-refractivity contribution < 1.29 is 13.9 Å². The van der Waals surface area contributed by atoms with Gasteiger partial charge in [0.15, 0.2) is 5.96 Å². The molecule has 1 aliphatic heterocycles. The zero-order valence-electron chi connectivity index (χ0n) is 18.4. The molecule has 2 N–H and O–H groups in total. The van der Waals surface area contributed by atoms with E-state index in [1.54, 1.807) is 38.2 Å². The van der Waals surface area contributed by atoms with Gasteiger partial charge in [-0.3, -0.25) is 14.7 Å². The zero-order valence-corrected chi connectivity index (χ0v) is 20.7. The highest BCUT2D eigenvalue weighted by molar-refractivity contribution is 14.0. The van der Waals surface area contributed by atoms with Gasteiger partial charge in [0.05, 0.1) is 13.1 Å². The fraction of sp³-hybridized carbons (Fsp3) is 0.619. The highest BCUT2D eigenvalue weighted by Gasteiger charge is 2.22. The third-order valence-electron chi connectivity index (χ3n) is 5.07. The second-order valence-electron chi connectivity index (χ2n) is 7.48. The molecule has 1 aromatic rings. The summed E-state index contributed by atoms with van der Waals surface area (Å²) in [6.07, 6.45) is 1.68. The number of piperidine rings is 1. The summed E-state index contributed by atoms with van der Waals surface area (Å²) < 4.78 is 18.7. The molecule has 1 aliphatic rings. The van der Waals surface area contributed by atoms with Gasteiger partial charge in [0.25, 0.3) is 0 Å². The highest BCUT2D eigenvalue weighted by Crippen LogP contribution is 2.17. The molecule has 1 unspecified atom stereocenters. The smallest absolute Gasteiger partial charge is 0.236 e. The van der Waals surface area contributed by atoms with Crippen LogP contribution in [0.4, 0.5) is 4.39 Å². The highest BCUT2D eigenvalue weighted by atomic mass is 127. The van der Waals surface area contributed by atoms with E-state index in [1.165, 1.54) is 12.1 Å². The Morgan fingerprint density at radius 1 is 1.30 bits per heavy atom. The first-order valence-corrected chi connectivity index (χ1v) is 10.2. The van der Waals surface area contributed by atoms with Crippen LogP contribution in [-0.2, 0) is 9.53 Å². The summed E-state index contributed by atoms with van der Waals surface area (Å²) in [6, 6.07) is 6.63. The number of halogens is 2. The molecule has 30 heavy (non-hydrogen) atoms. The molecule has 0 aliphatic carbocycles.